The highest BCUT2D eigenvalue weighted by Gasteiger charge is 2.41. The monoisotopic (exact) mass is 524 g/mol. The Labute approximate surface area is 228 Å². The number of hydrogen-bond donors (Lipinski definition) is 2. The Kier molecular flexibility index (Phi) is 7.24. The summed E-state index contributed by atoms with van der Waals surface area (Å²) in [7, 11) is 0. The molecule has 8 heteroatoms. The van der Waals surface area contributed by atoms with Gasteiger partial charge in [0.15, 0.2) is 5.11 Å². The summed E-state index contributed by atoms with van der Waals surface area (Å²) in [5.41, 5.74) is 8.28. The first-order valence-electron chi connectivity index (χ1n) is 12.8. The van der Waals surface area contributed by atoms with E-state index in [1.165, 1.54) is 0 Å². The number of aryl methyl sites for hydroxylation is 3. The van der Waals surface area contributed by atoms with Gasteiger partial charge in [0.25, 0.3) is 0 Å². The minimum absolute atomic E-state index is 0.0395. The number of rotatable bonds is 7. The fourth-order valence-corrected chi connectivity index (χ4v) is 5.59. The third-order valence-electron chi connectivity index (χ3n) is 7.14. The quantitative estimate of drug-likeness (QED) is 0.311. The number of carbonyl (C=O) groups excluding carboxylic acids is 1. The lowest BCUT2D eigenvalue weighted by molar-refractivity contribution is -0.116. The van der Waals surface area contributed by atoms with Crippen LogP contribution >= 0.6 is 12.2 Å². The van der Waals surface area contributed by atoms with Crippen LogP contribution in [0.2, 0.25) is 0 Å². The molecule has 3 aromatic heterocycles. The van der Waals surface area contributed by atoms with Gasteiger partial charge in [0.2, 0.25) is 5.91 Å². The molecule has 5 rings (SSSR count). The van der Waals surface area contributed by atoms with Gasteiger partial charge in [-0.1, -0.05) is 18.2 Å². The highest BCUT2D eigenvalue weighted by atomic mass is 32.1. The number of aromatic nitrogens is 3. The molecule has 0 radical (unpaired) electrons. The van der Waals surface area contributed by atoms with Gasteiger partial charge in [0.1, 0.15) is 0 Å². The Hall–Kier alpha value is -4.04. The molecule has 4 heterocycles. The molecular formula is C30H32N6OS. The lowest BCUT2D eigenvalue weighted by Crippen LogP contribution is -2.33. The van der Waals surface area contributed by atoms with Crippen LogP contribution in [0.25, 0.3) is 5.69 Å². The van der Waals surface area contributed by atoms with Crippen molar-refractivity contribution in [2.24, 2.45) is 0 Å². The highest BCUT2D eigenvalue weighted by molar-refractivity contribution is 7.80. The topological polar surface area (TPSA) is 75.1 Å². The van der Waals surface area contributed by atoms with Crippen molar-refractivity contribution in [2.75, 3.05) is 11.9 Å². The summed E-state index contributed by atoms with van der Waals surface area (Å²) in [6, 6.07) is 17.9. The number of anilines is 1. The molecule has 1 fully saturated rings. The van der Waals surface area contributed by atoms with E-state index in [4.69, 9.17) is 12.2 Å². The van der Waals surface area contributed by atoms with Gasteiger partial charge >= 0.3 is 0 Å². The molecular weight excluding hydrogens is 492 g/mol. The van der Waals surface area contributed by atoms with Gasteiger partial charge in [-0.25, -0.2) is 0 Å². The molecule has 0 unspecified atom stereocenters. The second kappa shape index (κ2) is 10.8. The molecule has 1 aliphatic rings. The first kappa shape index (κ1) is 25.6. The zero-order valence-electron chi connectivity index (χ0n) is 22.1. The van der Waals surface area contributed by atoms with Crippen molar-refractivity contribution in [1.82, 2.24) is 24.8 Å². The maximum Gasteiger partial charge on any atom is 0.226 e. The van der Waals surface area contributed by atoms with Crippen LogP contribution in [-0.4, -0.2) is 37.0 Å². The van der Waals surface area contributed by atoms with Crippen molar-refractivity contribution in [3.8, 4) is 5.69 Å². The Morgan fingerprint density at radius 3 is 2.63 bits per heavy atom. The number of amides is 1. The zero-order valence-corrected chi connectivity index (χ0v) is 22.9. The van der Waals surface area contributed by atoms with Gasteiger partial charge in [-0.3, -0.25) is 14.8 Å². The van der Waals surface area contributed by atoms with Gasteiger partial charge in [-0.15, -0.1) is 0 Å². The highest BCUT2D eigenvalue weighted by Crippen LogP contribution is 2.41. The molecule has 0 bridgehead atoms. The Morgan fingerprint density at radius 1 is 1.05 bits per heavy atom. The number of carbonyl (C=O) groups is 1. The molecule has 1 saturated heterocycles. The van der Waals surface area contributed by atoms with Crippen molar-refractivity contribution < 1.29 is 4.79 Å². The molecule has 0 spiro atoms. The van der Waals surface area contributed by atoms with E-state index in [1.54, 1.807) is 12.4 Å². The fourth-order valence-electron chi connectivity index (χ4n) is 5.26. The molecule has 7 nitrogen and oxygen atoms in total. The predicted molar refractivity (Wildman–Crippen MR) is 154 cm³/mol. The summed E-state index contributed by atoms with van der Waals surface area (Å²) >= 11 is 5.83. The Balaban J connectivity index is 1.46. The van der Waals surface area contributed by atoms with Crippen LogP contribution in [0, 0.1) is 27.7 Å². The molecule has 0 saturated carbocycles. The standard InChI is InChI=1S/C30H32N6OS/c1-19-10-11-20(2)26(16-19)33-27(37)12-15-35-29(28(34-30(35)38)25-9-5-6-14-32-25)24-17-21(3)36(22(24)4)23-8-7-13-31-18-23/h5-11,13-14,16-18,28-29H,12,15H2,1-4H3,(H,33,37)(H,34,38)/t28-,29+/m1/s1. The molecule has 194 valence electrons. The van der Waals surface area contributed by atoms with Gasteiger partial charge in [-0.2, -0.15) is 0 Å². The number of benzene rings is 1. The summed E-state index contributed by atoms with van der Waals surface area (Å²) in [4.78, 5) is 24.1. The average Bonchev–Trinajstić information content (AvgIpc) is 3.40. The molecule has 1 aromatic carbocycles. The average molecular weight is 525 g/mol. The van der Waals surface area contributed by atoms with E-state index in [0.29, 0.717) is 18.1 Å². The van der Waals surface area contributed by atoms with E-state index in [9.17, 15) is 4.79 Å². The third-order valence-corrected chi connectivity index (χ3v) is 7.49. The minimum Gasteiger partial charge on any atom is -0.352 e. The number of thiocarbonyl (C=S) groups is 1. The van der Waals surface area contributed by atoms with Crippen molar-refractivity contribution in [2.45, 2.75) is 46.2 Å². The second-order valence-electron chi connectivity index (χ2n) is 9.81. The van der Waals surface area contributed by atoms with Crippen molar-refractivity contribution in [3.05, 3.63) is 107 Å². The molecule has 4 aromatic rings. The van der Waals surface area contributed by atoms with Crippen molar-refractivity contribution >= 4 is 28.9 Å². The van der Waals surface area contributed by atoms with Gasteiger partial charge in [-0.05, 0) is 93.0 Å². The number of nitrogens with one attached hydrogen (secondary N) is 2. The molecule has 2 N–H and O–H groups in total. The van der Waals surface area contributed by atoms with Gasteiger partial charge in [0.05, 0.1) is 29.7 Å². The molecule has 38 heavy (non-hydrogen) atoms. The molecule has 2 atom stereocenters. The normalized spacial score (nSPS) is 16.9. The van der Waals surface area contributed by atoms with Crippen molar-refractivity contribution in [3.63, 3.8) is 0 Å². The van der Waals surface area contributed by atoms with Gasteiger partial charge < -0.3 is 20.1 Å². The maximum absolute atomic E-state index is 13.0. The third kappa shape index (κ3) is 5.04. The van der Waals surface area contributed by atoms with Crippen LogP contribution in [0.3, 0.4) is 0 Å². The van der Waals surface area contributed by atoms with E-state index in [1.807, 2.05) is 62.5 Å². The molecule has 1 amide bonds. The zero-order chi connectivity index (χ0) is 26.8. The van der Waals surface area contributed by atoms with E-state index < -0.39 is 0 Å². The molecule has 1 aliphatic heterocycles. The van der Waals surface area contributed by atoms with Crippen LogP contribution in [-0.2, 0) is 4.79 Å². The van der Waals surface area contributed by atoms with Gasteiger partial charge in [0, 0.05) is 42.4 Å². The van der Waals surface area contributed by atoms with E-state index in [2.05, 4.69) is 56.0 Å². The number of nitrogens with zero attached hydrogens (tertiary/aromatic N) is 4. The number of hydrogen-bond acceptors (Lipinski definition) is 4. The van der Waals surface area contributed by atoms with Crippen LogP contribution in [0.4, 0.5) is 5.69 Å². The SMILES string of the molecule is Cc1ccc(C)c(NC(=O)CCN2C(=S)N[C@H](c3ccccn3)[C@@H]2c2cc(C)n(-c3cccnc3)c2C)c1. The maximum atomic E-state index is 13.0. The molecule has 0 aliphatic carbocycles. The van der Waals surface area contributed by atoms with Crippen LogP contribution in [0.15, 0.2) is 73.2 Å². The fraction of sp³-hybridized carbons (Fsp3) is 0.267. The Morgan fingerprint density at radius 2 is 1.89 bits per heavy atom. The van der Waals surface area contributed by atoms with E-state index in [0.717, 1.165) is 45.1 Å². The van der Waals surface area contributed by atoms with Crippen LogP contribution < -0.4 is 10.6 Å². The lowest BCUT2D eigenvalue weighted by Gasteiger charge is -2.28. The van der Waals surface area contributed by atoms with Crippen LogP contribution in [0.1, 0.15) is 52.3 Å². The summed E-state index contributed by atoms with van der Waals surface area (Å²) in [6.45, 7) is 8.72. The lowest BCUT2D eigenvalue weighted by atomic mass is 9.96. The first-order valence-corrected chi connectivity index (χ1v) is 13.2. The summed E-state index contributed by atoms with van der Waals surface area (Å²) < 4.78 is 2.21. The summed E-state index contributed by atoms with van der Waals surface area (Å²) in [5.74, 6) is -0.0395. The van der Waals surface area contributed by atoms with Crippen molar-refractivity contribution in [1.29, 1.82) is 0 Å². The first-order chi connectivity index (χ1) is 18.3. The Bertz CT molecular complexity index is 1470. The summed E-state index contributed by atoms with van der Waals surface area (Å²) in [5, 5.41) is 7.20. The largest absolute Gasteiger partial charge is 0.352 e. The van der Waals surface area contributed by atoms with Crippen LogP contribution in [0.5, 0.6) is 0 Å². The van der Waals surface area contributed by atoms with E-state index in [-0.39, 0.29) is 18.0 Å². The summed E-state index contributed by atoms with van der Waals surface area (Å²) in [6.07, 6.45) is 5.76. The van der Waals surface area contributed by atoms with E-state index >= 15 is 0 Å². The second-order valence-corrected chi connectivity index (χ2v) is 10.2. The smallest absolute Gasteiger partial charge is 0.226 e. The predicted octanol–water partition coefficient (Wildman–Crippen LogP) is 5.50. The minimum atomic E-state index is -0.145. The number of pyridine rings is 2.